The van der Waals surface area contributed by atoms with Gasteiger partial charge in [-0.05, 0) is 47.9 Å². The molecule has 4 rings (SSSR count). The fourth-order valence-electron chi connectivity index (χ4n) is 4.18. The maximum atomic E-state index is 13.2. The van der Waals surface area contributed by atoms with Crippen LogP contribution in [0.3, 0.4) is 0 Å². The van der Waals surface area contributed by atoms with E-state index in [2.05, 4.69) is 15.9 Å². The average molecular weight is 557 g/mol. The highest BCUT2D eigenvalue weighted by molar-refractivity contribution is 9.10. The monoisotopic (exact) mass is 555 g/mol. The number of rotatable bonds is 7. The molecular formula is C27H23BrClNO5. The smallest absolute Gasteiger partial charge is 0.295 e. The van der Waals surface area contributed by atoms with Gasteiger partial charge in [0.15, 0.2) is 11.5 Å². The first kappa shape index (κ1) is 24.8. The van der Waals surface area contributed by atoms with Crippen molar-refractivity contribution in [3.63, 3.8) is 0 Å². The Hall–Kier alpha value is -3.29. The second-order valence-corrected chi connectivity index (χ2v) is 9.28. The highest BCUT2D eigenvalue weighted by Crippen LogP contribution is 2.42. The van der Waals surface area contributed by atoms with Crippen LogP contribution in [0.5, 0.6) is 11.5 Å². The van der Waals surface area contributed by atoms with E-state index in [0.717, 1.165) is 10.0 Å². The van der Waals surface area contributed by atoms with E-state index in [9.17, 15) is 14.7 Å². The third-order valence-electron chi connectivity index (χ3n) is 5.95. The van der Waals surface area contributed by atoms with Gasteiger partial charge in [-0.2, -0.15) is 0 Å². The Balaban J connectivity index is 1.75. The Bertz CT molecular complexity index is 1310. The van der Waals surface area contributed by atoms with E-state index < -0.39 is 17.7 Å². The molecule has 1 aliphatic rings. The number of halogens is 2. The minimum atomic E-state index is -0.826. The highest BCUT2D eigenvalue weighted by atomic mass is 79.9. The number of nitrogens with zero attached hydrogens (tertiary/aromatic N) is 1. The molecule has 1 fully saturated rings. The van der Waals surface area contributed by atoms with Gasteiger partial charge in [-0.3, -0.25) is 9.59 Å². The SMILES string of the molecule is COc1ccc(CCN2C(=O)C(=O)C(=C(O)c3ccc(Br)cc3)[C@H]2c2ccccc2Cl)cc1OC. The van der Waals surface area contributed by atoms with E-state index in [4.69, 9.17) is 21.1 Å². The molecular weight excluding hydrogens is 534 g/mol. The normalized spacial score (nSPS) is 17.0. The summed E-state index contributed by atoms with van der Waals surface area (Å²) in [6, 6.07) is 18.6. The van der Waals surface area contributed by atoms with Crippen molar-refractivity contribution in [3.8, 4) is 11.5 Å². The third-order valence-corrected chi connectivity index (χ3v) is 6.82. The van der Waals surface area contributed by atoms with Crippen LogP contribution in [0.2, 0.25) is 5.02 Å². The molecule has 180 valence electrons. The molecule has 0 saturated carbocycles. The molecule has 1 aliphatic heterocycles. The lowest BCUT2D eigenvalue weighted by atomic mass is 9.95. The molecule has 0 radical (unpaired) electrons. The van der Waals surface area contributed by atoms with Crippen LogP contribution in [-0.4, -0.2) is 42.5 Å². The Morgan fingerprint density at radius 3 is 2.34 bits per heavy atom. The molecule has 35 heavy (non-hydrogen) atoms. The summed E-state index contributed by atoms with van der Waals surface area (Å²) in [4.78, 5) is 27.8. The van der Waals surface area contributed by atoms with Crippen molar-refractivity contribution < 1.29 is 24.2 Å². The Morgan fingerprint density at radius 2 is 1.69 bits per heavy atom. The number of benzene rings is 3. The number of likely N-dealkylation sites (tertiary alicyclic amines) is 1. The Labute approximate surface area is 216 Å². The number of methoxy groups -OCH3 is 2. The first-order valence-corrected chi connectivity index (χ1v) is 12.0. The van der Waals surface area contributed by atoms with Gasteiger partial charge < -0.3 is 19.5 Å². The van der Waals surface area contributed by atoms with E-state index in [1.807, 2.05) is 12.1 Å². The van der Waals surface area contributed by atoms with Gasteiger partial charge in [0.25, 0.3) is 11.7 Å². The summed E-state index contributed by atoms with van der Waals surface area (Å²) in [7, 11) is 3.12. The Kier molecular flexibility index (Phi) is 7.48. The molecule has 0 spiro atoms. The minimum Gasteiger partial charge on any atom is -0.507 e. The fraction of sp³-hybridized carbons (Fsp3) is 0.185. The summed E-state index contributed by atoms with van der Waals surface area (Å²) < 4.78 is 11.5. The van der Waals surface area contributed by atoms with Gasteiger partial charge >= 0.3 is 0 Å². The quantitative estimate of drug-likeness (QED) is 0.227. The van der Waals surface area contributed by atoms with Crippen molar-refractivity contribution >= 4 is 45.0 Å². The first-order valence-electron chi connectivity index (χ1n) is 10.9. The van der Waals surface area contributed by atoms with Gasteiger partial charge in [0.1, 0.15) is 5.76 Å². The molecule has 1 saturated heterocycles. The summed E-state index contributed by atoms with van der Waals surface area (Å²) in [5.41, 5.74) is 1.91. The number of carbonyl (C=O) groups is 2. The molecule has 1 amide bonds. The van der Waals surface area contributed by atoms with E-state index in [0.29, 0.717) is 34.1 Å². The van der Waals surface area contributed by atoms with Crippen molar-refractivity contribution in [3.05, 3.63) is 98.5 Å². The van der Waals surface area contributed by atoms with Crippen LogP contribution >= 0.6 is 27.5 Å². The number of amides is 1. The lowest BCUT2D eigenvalue weighted by Gasteiger charge is -2.26. The number of Topliss-reactive ketones (excluding diaryl/α,β-unsaturated/α-hetero) is 1. The zero-order valence-corrected chi connectivity index (χ0v) is 21.5. The number of aliphatic hydroxyl groups excluding tert-OH is 1. The predicted octanol–water partition coefficient (Wildman–Crippen LogP) is 5.78. The van der Waals surface area contributed by atoms with Crippen LogP contribution in [0.15, 0.2) is 76.8 Å². The summed E-state index contributed by atoms with van der Waals surface area (Å²) in [5.74, 6) is -0.502. The molecule has 3 aromatic rings. The van der Waals surface area contributed by atoms with Crippen LogP contribution in [-0.2, 0) is 16.0 Å². The Morgan fingerprint density at radius 1 is 1.00 bits per heavy atom. The van der Waals surface area contributed by atoms with Gasteiger partial charge in [-0.1, -0.05) is 63.9 Å². The lowest BCUT2D eigenvalue weighted by Crippen LogP contribution is -2.31. The number of ether oxygens (including phenoxy) is 2. The first-order chi connectivity index (χ1) is 16.8. The standard InChI is InChI=1S/C27H23BrClNO5/c1-34-21-12-7-16(15-22(21)35-2)13-14-30-24(19-5-3-4-6-20(19)29)23(26(32)27(30)33)25(31)17-8-10-18(28)11-9-17/h3-12,15,24,31H,13-14H2,1-2H3/t24-/m1/s1. The second kappa shape index (κ2) is 10.5. The van der Waals surface area contributed by atoms with Crippen LogP contribution < -0.4 is 9.47 Å². The van der Waals surface area contributed by atoms with Crippen LogP contribution in [0, 0.1) is 0 Å². The number of hydrogen-bond acceptors (Lipinski definition) is 5. The number of ketones is 1. The van der Waals surface area contributed by atoms with Crippen molar-refractivity contribution in [1.29, 1.82) is 0 Å². The van der Waals surface area contributed by atoms with Gasteiger partial charge in [0.2, 0.25) is 0 Å². The summed E-state index contributed by atoms with van der Waals surface area (Å²) in [6.07, 6.45) is 0.451. The summed E-state index contributed by atoms with van der Waals surface area (Å²) in [5, 5.41) is 11.5. The van der Waals surface area contributed by atoms with Crippen molar-refractivity contribution in [2.24, 2.45) is 0 Å². The average Bonchev–Trinajstić information content (AvgIpc) is 3.12. The molecule has 1 atom stereocenters. The largest absolute Gasteiger partial charge is 0.507 e. The highest BCUT2D eigenvalue weighted by Gasteiger charge is 2.46. The number of aliphatic hydroxyl groups is 1. The van der Waals surface area contributed by atoms with E-state index in [-0.39, 0.29) is 17.9 Å². The van der Waals surface area contributed by atoms with Gasteiger partial charge in [0.05, 0.1) is 25.8 Å². The van der Waals surface area contributed by atoms with Crippen LogP contribution in [0.4, 0.5) is 0 Å². The topological polar surface area (TPSA) is 76.1 Å². The fourth-order valence-corrected chi connectivity index (χ4v) is 4.68. The van der Waals surface area contributed by atoms with Crippen molar-refractivity contribution in [2.75, 3.05) is 20.8 Å². The molecule has 0 bridgehead atoms. The molecule has 1 heterocycles. The molecule has 0 aliphatic carbocycles. The molecule has 8 heteroatoms. The maximum Gasteiger partial charge on any atom is 0.295 e. The van der Waals surface area contributed by atoms with Crippen molar-refractivity contribution in [1.82, 2.24) is 4.90 Å². The maximum absolute atomic E-state index is 13.2. The third kappa shape index (κ3) is 4.92. The molecule has 3 aromatic carbocycles. The lowest BCUT2D eigenvalue weighted by molar-refractivity contribution is -0.139. The molecule has 6 nitrogen and oxygen atoms in total. The number of hydrogen-bond donors (Lipinski definition) is 1. The van der Waals surface area contributed by atoms with E-state index in [1.165, 1.54) is 4.90 Å². The van der Waals surface area contributed by atoms with E-state index in [1.54, 1.807) is 68.8 Å². The summed E-state index contributed by atoms with van der Waals surface area (Å²) >= 11 is 9.87. The van der Waals surface area contributed by atoms with Gasteiger partial charge in [-0.25, -0.2) is 0 Å². The molecule has 0 unspecified atom stereocenters. The molecule has 0 aromatic heterocycles. The molecule has 1 N–H and O–H groups in total. The predicted molar refractivity (Wildman–Crippen MR) is 138 cm³/mol. The van der Waals surface area contributed by atoms with E-state index >= 15 is 0 Å². The summed E-state index contributed by atoms with van der Waals surface area (Å²) in [6.45, 7) is 0.229. The van der Waals surface area contributed by atoms with Crippen LogP contribution in [0.25, 0.3) is 5.76 Å². The second-order valence-electron chi connectivity index (χ2n) is 7.96. The van der Waals surface area contributed by atoms with Crippen molar-refractivity contribution in [2.45, 2.75) is 12.5 Å². The van der Waals surface area contributed by atoms with Gasteiger partial charge in [0, 0.05) is 21.6 Å². The zero-order valence-electron chi connectivity index (χ0n) is 19.1. The van der Waals surface area contributed by atoms with Gasteiger partial charge in [-0.15, -0.1) is 0 Å². The van der Waals surface area contributed by atoms with Crippen LogP contribution in [0.1, 0.15) is 22.7 Å². The minimum absolute atomic E-state index is 0.0118. The zero-order chi connectivity index (χ0) is 25.1. The number of carbonyl (C=O) groups excluding carboxylic acids is 2.